The Morgan fingerprint density at radius 3 is 2.68 bits per heavy atom. The molecular formula is C22H32N4OS. The molecule has 0 spiro atoms. The molecule has 1 heterocycles. The Morgan fingerprint density at radius 1 is 1.21 bits per heavy atom. The molecule has 0 saturated carbocycles. The third-order valence-corrected chi connectivity index (χ3v) is 5.59. The number of aryl methyl sites for hydroxylation is 1. The van der Waals surface area contributed by atoms with E-state index in [2.05, 4.69) is 33.6 Å². The maximum Gasteiger partial charge on any atom is 0.230 e. The Morgan fingerprint density at radius 2 is 1.96 bits per heavy atom. The molecule has 152 valence electrons. The van der Waals surface area contributed by atoms with E-state index in [4.69, 9.17) is 0 Å². The van der Waals surface area contributed by atoms with Crippen molar-refractivity contribution < 1.29 is 4.79 Å². The fourth-order valence-electron chi connectivity index (χ4n) is 3.05. The van der Waals surface area contributed by atoms with Crippen molar-refractivity contribution in [3.05, 3.63) is 54.4 Å². The molecule has 0 aliphatic carbocycles. The van der Waals surface area contributed by atoms with E-state index < -0.39 is 0 Å². The molecular weight excluding hydrogens is 368 g/mol. The van der Waals surface area contributed by atoms with E-state index >= 15 is 0 Å². The predicted octanol–water partition coefficient (Wildman–Crippen LogP) is 4.95. The molecule has 1 aromatic heterocycles. The van der Waals surface area contributed by atoms with E-state index in [9.17, 15) is 4.79 Å². The maximum atomic E-state index is 12.3. The maximum absolute atomic E-state index is 12.3. The second-order valence-electron chi connectivity index (χ2n) is 6.95. The number of hydrogen-bond acceptors (Lipinski definition) is 4. The highest BCUT2D eigenvalue weighted by Gasteiger charge is 2.15. The number of nitrogens with zero attached hydrogens (tertiary/aromatic N) is 3. The SMILES string of the molecule is C=CCn1c(CCCCCCC)nnc1SCC(=O)N[C@H](C)c1ccccc1. The summed E-state index contributed by atoms with van der Waals surface area (Å²) in [6, 6.07) is 9.96. The van der Waals surface area contributed by atoms with E-state index in [1.165, 1.54) is 37.4 Å². The Hall–Kier alpha value is -2.08. The Balaban J connectivity index is 1.86. The van der Waals surface area contributed by atoms with E-state index in [1.807, 2.05) is 43.3 Å². The number of carbonyl (C=O) groups excluding carboxylic acids is 1. The summed E-state index contributed by atoms with van der Waals surface area (Å²) in [5, 5.41) is 12.5. The lowest BCUT2D eigenvalue weighted by Gasteiger charge is -2.14. The first-order valence-corrected chi connectivity index (χ1v) is 11.1. The van der Waals surface area contributed by atoms with Crippen LogP contribution in [0, 0.1) is 0 Å². The van der Waals surface area contributed by atoms with Crippen LogP contribution in [0.4, 0.5) is 0 Å². The minimum atomic E-state index is -0.0148. The number of thioether (sulfide) groups is 1. The molecule has 0 aliphatic heterocycles. The van der Waals surface area contributed by atoms with Gasteiger partial charge in [-0.25, -0.2) is 0 Å². The van der Waals surface area contributed by atoms with Gasteiger partial charge in [0.05, 0.1) is 11.8 Å². The standard InChI is InChI=1S/C22H32N4OS/c1-4-6-7-8-12-15-20-24-25-22(26(20)16-5-2)28-17-21(27)23-18(3)19-13-10-9-11-14-19/h5,9-11,13-14,18H,2,4,6-8,12,15-17H2,1,3H3,(H,23,27)/t18-/m1/s1. The average molecular weight is 401 g/mol. The molecule has 28 heavy (non-hydrogen) atoms. The molecule has 2 rings (SSSR count). The van der Waals surface area contributed by atoms with Crippen LogP contribution in [0.15, 0.2) is 48.1 Å². The Bertz CT molecular complexity index is 729. The zero-order valence-electron chi connectivity index (χ0n) is 17.1. The summed E-state index contributed by atoms with van der Waals surface area (Å²) in [6.45, 7) is 8.73. The van der Waals surface area contributed by atoms with Crippen molar-refractivity contribution in [3.8, 4) is 0 Å². The zero-order chi connectivity index (χ0) is 20.2. The van der Waals surface area contributed by atoms with Crippen LogP contribution in [0.1, 0.15) is 63.4 Å². The third kappa shape index (κ3) is 7.15. The summed E-state index contributed by atoms with van der Waals surface area (Å²) in [6.07, 6.45) is 8.92. The average Bonchev–Trinajstić information content (AvgIpc) is 3.09. The van der Waals surface area contributed by atoms with Gasteiger partial charge in [-0.1, -0.05) is 80.8 Å². The highest BCUT2D eigenvalue weighted by molar-refractivity contribution is 7.99. The fraction of sp³-hybridized carbons (Fsp3) is 0.500. The lowest BCUT2D eigenvalue weighted by atomic mass is 10.1. The number of benzene rings is 1. The Labute approximate surface area is 173 Å². The first kappa shape index (κ1) is 22.2. The second-order valence-corrected chi connectivity index (χ2v) is 7.89. The van der Waals surface area contributed by atoms with Crippen molar-refractivity contribution in [2.24, 2.45) is 0 Å². The summed E-state index contributed by atoms with van der Waals surface area (Å²) in [7, 11) is 0. The number of allylic oxidation sites excluding steroid dienone is 1. The topological polar surface area (TPSA) is 59.8 Å². The van der Waals surface area contributed by atoms with Crippen LogP contribution in [-0.4, -0.2) is 26.4 Å². The summed E-state index contributed by atoms with van der Waals surface area (Å²) in [5.74, 6) is 1.30. The third-order valence-electron chi connectivity index (χ3n) is 4.62. The molecule has 1 N–H and O–H groups in total. The van der Waals surface area contributed by atoms with Gasteiger partial charge in [0.2, 0.25) is 5.91 Å². The van der Waals surface area contributed by atoms with Crippen molar-refractivity contribution in [2.75, 3.05) is 5.75 Å². The number of nitrogens with one attached hydrogen (secondary N) is 1. The molecule has 0 radical (unpaired) electrons. The van der Waals surface area contributed by atoms with Gasteiger partial charge in [-0.05, 0) is 18.9 Å². The highest BCUT2D eigenvalue weighted by Crippen LogP contribution is 2.19. The first-order valence-electron chi connectivity index (χ1n) is 10.2. The summed E-state index contributed by atoms with van der Waals surface area (Å²) in [5.41, 5.74) is 1.10. The van der Waals surface area contributed by atoms with Gasteiger partial charge in [0.1, 0.15) is 5.82 Å². The van der Waals surface area contributed by atoms with Crippen molar-refractivity contribution in [1.82, 2.24) is 20.1 Å². The van der Waals surface area contributed by atoms with Crippen LogP contribution < -0.4 is 5.32 Å². The molecule has 1 aromatic carbocycles. The molecule has 0 saturated heterocycles. The second kappa shape index (κ2) is 12.4. The van der Waals surface area contributed by atoms with E-state index in [0.717, 1.165) is 29.4 Å². The molecule has 0 bridgehead atoms. The number of hydrogen-bond donors (Lipinski definition) is 1. The number of carbonyl (C=O) groups is 1. The molecule has 0 aliphatic rings. The van der Waals surface area contributed by atoms with Crippen LogP contribution >= 0.6 is 11.8 Å². The van der Waals surface area contributed by atoms with E-state index in [-0.39, 0.29) is 11.9 Å². The van der Waals surface area contributed by atoms with Gasteiger partial charge < -0.3 is 9.88 Å². The monoisotopic (exact) mass is 400 g/mol. The molecule has 0 unspecified atom stereocenters. The van der Waals surface area contributed by atoms with Crippen LogP contribution in [0.2, 0.25) is 0 Å². The minimum Gasteiger partial charge on any atom is -0.349 e. The summed E-state index contributed by atoms with van der Waals surface area (Å²) in [4.78, 5) is 12.3. The van der Waals surface area contributed by atoms with Gasteiger partial charge in [-0.3, -0.25) is 4.79 Å². The van der Waals surface area contributed by atoms with Crippen LogP contribution in [0.5, 0.6) is 0 Å². The van der Waals surface area contributed by atoms with Crippen LogP contribution in [0.3, 0.4) is 0 Å². The molecule has 6 heteroatoms. The fourth-order valence-corrected chi connectivity index (χ4v) is 3.83. The number of unbranched alkanes of at least 4 members (excludes halogenated alkanes) is 4. The van der Waals surface area contributed by atoms with Gasteiger partial charge in [0.15, 0.2) is 5.16 Å². The highest BCUT2D eigenvalue weighted by atomic mass is 32.2. The molecule has 1 amide bonds. The molecule has 0 fully saturated rings. The lowest BCUT2D eigenvalue weighted by Crippen LogP contribution is -2.28. The molecule has 1 atom stereocenters. The van der Waals surface area contributed by atoms with E-state index in [1.54, 1.807) is 0 Å². The predicted molar refractivity (Wildman–Crippen MR) is 116 cm³/mol. The molecule has 2 aromatic rings. The quantitative estimate of drug-likeness (QED) is 0.294. The summed E-state index contributed by atoms with van der Waals surface area (Å²) >= 11 is 1.43. The first-order chi connectivity index (χ1) is 13.7. The lowest BCUT2D eigenvalue weighted by molar-refractivity contribution is -0.119. The van der Waals surface area contributed by atoms with Gasteiger partial charge in [-0.2, -0.15) is 0 Å². The minimum absolute atomic E-state index is 0.00405. The smallest absolute Gasteiger partial charge is 0.230 e. The normalized spacial score (nSPS) is 11.9. The van der Waals surface area contributed by atoms with Crippen molar-refractivity contribution in [2.45, 2.75) is 70.1 Å². The summed E-state index contributed by atoms with van der Waals surface area (Å²) < 4.78 is 2.07. The number of rotatable bonds is 13. The number of amides is 1. The van der Waals surface area contributed by atoms with Crippen LogP contribution in [0.25, 0.3) is 0 Å². The zero-order valence-corrected chi connectivity index (χ0v) is 17.9. The molecule has 5 nitrogen and oxygen atoms in total. The van der Waals surface area contributed by atoms with Crippen molar-refractivity contribution >= 4 is 17.7 Å². The number of aromatic nitrogens is 3. The van der Waals surface area contributed by atoms with Crippen molar-refractivity contribution in [3.63, 3.8) is 0 Å². The Kier molecular flexibility index (Phi) is 9.83. The van der Waals surface area contributed by atoms with Gasteiger partial charge in [0.25, 0.3) is 0 Å². The van der Waals surface area contributed by atoms with Crippen molar-refractivity contribution in [1.29, 1.82) is 0 Å². The van der Waals surface area contributed by atoms with Crippen LogP contribution in [-0.2, 0) is 17.8 Å². The van der Waals surface area contributed by atoms with Gasteiger partial charge in [0, 0.05) is 13.0 Å². The van der Waals surface area contributed by atoms with E-state index in [0.29, 0.717) is 12.3 Å². The van der Waals surface area contributed by atoms with Gasteiger partial charge in [-0.15, -0.1) is 16.8 Å². The largest absolute Gasteiger partial charge is 0.349 e. The van der Waals surface area contributed by atoms with Gasteiger partial charge >= 0.3 is 0 Å².